The highest BCUT2D eigenvalue weighted by molar-refractivity contribution is 6.07. The third-order valence-corrected chi connectivity index (χ3v) is 6.96. The first-order valence-electron chi connectivity index (χ1n) is 14.2. The van der Waals surface area contributed by atoms with Crippen molar-refractivity contribution in [1.82, 2.24) is 31.1 Å². The van der Waals surface area contributed by atoms with Crippen LogP contribution >= 0.6 is 0 Å². The second-order valence-electron chi connectivity index (χ2n) is 11.5. The van der Waals surface area contributed by atoms with Gasteiger partial charge in [0.15, 0.2) is 0 Å². The number of pyridine rings is 1. The maximum atomic E-state index is 13.9. The molecule has 2 fully saturated rings. The fraction of sp³-hybridized carbons (Fsp3) is 0.448. The number of amides is 6. The van der Waals surface area contributed by atoms with Crippen molar-refractivity contribution in [2.75, 3.05) is 6.54 Å². The van der Waals surface area contributed by atoms with Gasteiger partial charge in [-0.25, -0.2) is 15.2 Å². The average molecular weight is 609 g/mol. The van der Waals surface area contributed by atoms with Gasteiger partial charge in [0.25, 0.3) is 11.8 Å². The molecule has 3 atom stereocenters. The summed E-state index contributed by atoms with van der Waals surface area (Å²) in [6.45, 7) is 5.40. The molecule has 2 aliphatic heterocycles. The lowest BCUT2D eigenvalue weighted by Gasteiger charge is -2.43. The average Bonchev–Trinajstić information content (AvgIpc) is 3.10. The molecular formula is C29H36N8O7. The van der Waals surface area contributed by atoms with Crippen molar-refractivity contribution in [3.63, 3.8) is 0 Å². The number of hydrazone groups is 1. The summed E-state index contributed by atoms with van der Waals surface area (Å²) in [5.74, 6) is -2.34. The van der Waals surface area contributed by atoms with Crippen molar-refractivity contribution < 1.29 is 33.5 Å². The molecular weight excluding hydrogens is 572 g/mol. The molecule has 0 radical (unpaired) electrons. The minimum absolute atomic E-state index is 0.0295. The lowest BCUT2D eigenvalue weighted by molar-refractivity contribution is -0.176. The Bertz CT molecular complexity index is 1480. The fourth-order valence-electron chi connectivity index (χ4n) is 5.11. The van der Waals surface area contributed by atoms with Crippen LogP contribution in [0.2, 0.25) is 0 Å². The van der Waals surface area contributed by atoms with Crippen LogP contribution in [-0.4, -0.2) is 87.1 Å². The number of aldehydes is 1. The standard InChI is InChI=1S/C29H36N8O7/c1-29(2,3)44-22(34-35-28(30)43)15-18(16-38)32-25(40)21-9-6-14-36-23(39)11-10-20(27(42)37(21)36)33-26(41)24-19-8-5-4-7-17(19)12-13-31-24/h4-5,7-8,12-13,16,18,20-21H,6,9-11,14-15H2,1-3H3,(H,32,40)(H,33,41)(H3,30,35,43). The normalized spacial score (nSPS) is 19.8. The second-order valence-corrected chi connectivity index (χ2v) is 11.5. The molecule has 0 aliphatic carbocycles. The van der Waals surface area contributed by atoms with Crippen LogP contribution in [0, 0.1) is 0 Å². The van der Waals surface area contributed by atoms with E-state index in [1.807, 2.05) is 17.6 Å². The Kier molecular flexibility index (Phi) is 9.76. The first-order chi connectivity index (χ1) is 20.9. The van der Waals surface area contributed by atoms with Crippen LogP contribution in [0.1, 0.15) is 63.4 Å². The molecule has 44 heavy (non-hydrogen) atoms. The minimum atomic E-state index is -1.15. The van der Waals surface area contributed by atoms with Crippen LogP contribution in [0.5, 0.6) is 0 Å². The van der Waals surface area contributed by atoms with E-state index >= 15 is 0 Å². The van der Waals surface area contributed by atoms with Gasteiger partial charge in [0.05, 0.1) is 12.5 Å². The summed E-state index contributed by atoms with van der Waals surface area (Å²) in [5, 5.41) is 12.8. The van der Waals surface area contributed by atoms with E-state index in [0.29, 0.717) is 18.1 Å². The van der Waals surface area contributed by atoms with Crippen molar-refractivity contribution in [2.24, 2.45) is 10.8 Å². The lowest BCUT2D eigenvalue weighted by Crippen LogP contribution is -2.64. The number of hydrogen-bond acceptors (Lipinski definition) is 9. The lowest BCUT2D eigenvalue weighted by atomic mass is 10.0. The van der Waals surface area contributed by atoms with Crippen LogP contribution in [0.4, 0.5) is 4.79 Å². The number of ether oxygens (including phenoxy) is 1. The molecule has 1 aromatic carbocycles. The molecule has 0 spiro atoms. The molecule has 0 bridgehead atoms. The summed E-state index contributed by atoms with van der Waals surface area (Å²) in [6, 6.07) is 4.61. The van der Waals surface area contributed by atoms with Gasteiger partial charge in [0, 0.05) is 24.5 Å². The largest absolute Gasteiger partial charge is 0.474 e. The summed E-state index contributed by atoms with van der Waals surface area (Å²) in [6.07, 6.45) is 2.38. The molecule has 0 saturated carbocycles. The number of primary amides is 1. The number of urea groups is 1. The SMILES string of the molecule is CC(C)(C)OC(CC(C=O)NC(=O)C1CCCN2C(=O)CCC(NC(=O)c3nccc4ccccc34)C(=O)N12)=NNC(N)=O. The predicted molar refractivity (Wildman–Crippen MR) is 157 cm³/mol. The number of aromatic nitrogens is 1. The van der Waals surface area contributed by atoms with E-state index in [2.05, 4.69) is 20.7 Å². The van der Waals surface area contributed by atoms with Gasteiger partial charge < -0.3 is 25.9 Å². The van der Waals surface area contributed by atoms with Crippen molar-refractivity contribution >= 4 is 52.6 Å². The molecule has 3 unspecified atom stereocenters. The first-order valence-corrected chi connectivity index (χ1v) is 14.2. The monoisotopic (exact) mass is 608 g/mol. The number of fused-ring (bicyclic) bond motifs is 2. The van der Waals surface area contributed by atoms with Gasteiger partial charge in [-0.3, -0.25) is 29.2 Å². The second kappa shape index (κ2) is 13.5. The van der Waals surface area contributed by atoms with E-state index in [4.69, 9.17) is 10.5 Å². The van der Waals surface area contributed by atoms with Gasteiger partial charge in [0.2, 0.25) is 17.7 Å². The minimum Gasteiger partial charge on any atom is -0.474 e. The van der Waals surface area contributed by atoms with Crippen molar-refractivity contribution in [3.8, 4) is 0 Å². The van der Waals surface area contributed by atoms with Crippen LogP contribution in [-0.2, 0) is 23.9 Å². The number of hydrazine groups is 1. The number of nitrogens with one attached hydrogen (secondary N) is 3. The third kappa shape index (κ3) is 7.65. The zero-order chi connectivity index (χ0) is 32.0. The quantitative estimate of drug-likeness (QED) is 0.145. The van der Waals surface area contributed by atoms with Crippen LogP contribution < -0.4 is 21.8 Å². The fourth-order valence-corrected chi connectivity index (χ4v) is 5.11. The number of nitrogens with two attached hydrogens (primary N) is 1. The maximum Gasteiger partial charge on any atom is 0.332 e. The van der Waals surface area contributed by atoms with Crippen LogP contribution in [0.3, 0.4) is 0 Å². The topological polar surface area (TPSA) is 205 Å². The Labute approximate surface area is 253 Å². The van der Waals surface area contributed by atoms with E-state index in [1.165, 1.54) is 11.2 Å². The molecule has 2 aromatic rings. The Morgan fingerprint density at radius 2 is 1.93 bits per heavy atom. The summed E-state index contributed by atoms with van der Waals surface area (Å²) in [5.41, 5.74) is 6.52. The number of carbonyl (C=O) groups excluding carboxylic acids is 6. The van der Waals surface area contributed by atoms with Crippen molar-refractivity contribution in [1.29, 1.82) is 0 Å². The zero-order valence-corrected chi connectivity index (χ0v) is 24.7. The highest BCUT2D eigenvalue weighted by atomic mass is 16.5. The van der Waals surface area contributed by atoms with Crippen molar-refractivity contribution in [2.45, 2.75) is 76.6 Å². The van der Waals surface area contributed by atoms with Gasteiger partial charge in [-0.15, -0.1) is 5.10 Å². The molecule has 15 heteroatoms. The van der Waals surface area contributed by atoms with Crippen LogP contribution in [0.25, 0.3) is 10.8 Å². The summed E-state index contributed by atoms with van der Waals surface area (Å²) >= 11 is 0. The van der Waals surface area contributed by atoms with Gasteiger partial charge >= 0.3 is 6.03 Å². The number of nitrogens with zero attached hydrogens (tertiary/aromatic N) is 4. The number of hydrogen-bond donors (Lipinski definition) is 4. The van der Waals surface area contributed by atoms with E-state index < -0.39 is 47.5 Å². The zero-order valence-electron chi connectivity index (χ0n) is 24.7. The molecule has 15 nitrogen and oxygen atoms in total. The predicted octanol–water partition coefficient (Wildman–Crippen LogP) is 0.732. The molecule has 234 valence electrons. The molecule has 2 saturated heterocycles. The van der Waals surface area contributed by atoms with Gasteiger partial charge in [-0.1, -0.05) is 24.3 Å². The van der Waals surface area contributed by atoms with Gasteiger partial charge in [-0.2, -0.15) is 0 Å². The highest BCUT2D eigenvalue weighted by Crippen LogP contribution is 2.26. The molecule has 2 aliphatic rings. The molecule has 1 aromatic heterocycles. The van der Waals surface area contributed by atoms with Gasteiger partial charge in [-0.05, 0) is 51.5 Å². The highest BCUT2D eigenvalue weighted by Gasteiger charge is 2.45. The number of benzene rings is 1. The van der Waals surface area contributed by atoms with E-state index in [-0.39, 0.29) is 49.7 Å². The Morgan fingerprint density at radius 1 is 1.18 bits per heavy atom. The Morgan fingerprint density at radius 3 is 2.64 bits per heavy atom. The van der Waals surface area contributed by atoms with E-state index in [0.717, 1.165) is 10.4 Å². The smallest absolute Gasteiger partial charge is 0.332 e. The summed E-state index contributed by atoms with van der Waals surface area (Å²) in [4.78, 5) is 81.1. The molecule has 3 heterocycles. The Balaban J connectivity index is 1.53. The van der Waals surface area contributed by atoms with E-state index in [9.17, 15) is 28.8 Å². The summed E-state index contributed by atoms with van der Waals surface area (Å²) < 4.78 is 5.70. The first kappa shape index (κ1) is 31.8. The van der Waals surface area contributed by atoms with Crippen molar-refractivity contribution in [3.05, 3.63) is 42.2 Å². The number of carbonyl (C=O) groups is 6. The number of rotatable bonds is 8. The van der Waals surface area contributed by atoms with E-state index in [1.54, 1.807) is 39.0 Å². The molecule has 5 N–H and O–H groups in total. The Hall–Kier alpha value is -5.08. The van der Waals surface area contributed by atoms with Gasteiger partial charge in [0.1, 0.15) is 29.7 Å². The third-order valence-electron chi connectivity index (χ3n) is 6.96. The molecule has 4 rings (SSSR count). The molecule has 6 amide bonds. The summed E-state index contributed by atoms with van der Waals surface area (Å²) in [7, 11) is 0. The maximum absolute atomic E-state index is 13.9. The van der Waals surface area contributed by atoms with Crippen LogP contribution in [0.15, 0.2) is 41.6 Å².